The summed E-state index contributed by atoms with van der Waals surface area (Å²) in [4.78, 5) is 8.37. The van der Waals surface area contributed by atoms with Gasteiger partial charge in [-0.1, -0.05) is 6.07 Å². The van der Waals surface area contributed by atoms with E-state index in [1.54, 1.807) is 6.07 Å². The van der Waals surface area contributed by atoms with Crippen molar-refractivity contribution in [2.45, 2.75) is 13.0 Å². The Kier molecular flexibility index (Phi) is 3.86. The van der Waals surface area contributed by atoms with Gasteiger partial charge in [-0.3, -0.25) is 0 Å². The number of aromatic nitrogens is 2. The molecule has 0 saturated heterocycles. The molecule has 2 heterocycles. The van der Waals surface area contributed by atoms with Crippen molar-refractivity contribution in [2.75, 3.05) is 18.5 Å². The van der Waals surface area contributed by atoms with Crippen LogP contribution < -0.4 is 14.8 Å². The predicted octanol–water partition coefficient (Wildman–Crippen LogP) is 3.54. The van der Waals surface area contributed by atoms with Gasteiger partial charge in [-0.25, -0.2) is 14.4 Å². The van der Waals surface area contributed by atoms with Crippen LogP contribution in [0.15, 0.2) is 42.7 Å². The molecule has 0 amide bonds. The van der Waals surface area contributed by atoms with Gasteiger partial charge < -0.3 is 14.8 Å². The average Bonchev–Trinajstić information content (AvgIpc) is 2.84. The number of anilines is 1. The lowest BCUT2D eigenvalue weighted by Crippen LogP contribution is -2.03. The first-order valence-electron chi connectivity index (χ1n) is 7.82. The highest BCUT2D eigenvalue weighted by Crippen LogP contribution is 2.30. The maximum Gasteiger partial charge on any atom is 0.161 e. The molecular formula is C18H16FN3O2. The maximum absolute atomic E-state index is 13.5. The molecule has 0 radical (unpaired) electrons. The number of rotatable bonds is 3. The first kappa shape index (κ1) is 14.7. The Morgan fingerprint density at radius 1 is 1.00 bits per heavy atom. The van der Waals surface area contributed by atoms with Crippen LogP contribution in [-0.2, 0) is 6.54 Å². The highest BCUT2D eigenvalue weighted by atomic mass is 19.1. The third-order valence-corrected chi connectivity index (χ3v) is 3.87. The van der Waals surface area contributed by atoms with Gasteiger partial charge in [0.25, 0.3) is 0 Å². The summed E-state index contributed by atoms with van der Waals surface area (Å²) >= 11 is 0. The Balaban J connectivity index is 1.57. The molecule has 24 heavy (non-hydrogen) atoms. The first-order chi connectivity index (χ1) is 11.8. The summed E-state index contributed by atoms with van der Waals surface area (Å²) in [6.45, 7) is 1.86. The summed E-state index contributed by atoms with van der Waals surface area (Å²) in [5, 5.41) is 3.90. The Hall–Kier alpha value is -2.89. The molecule has 122 valence electrons. The zero-order valence-electron chi connectivity index (χ0n) is 13.0. The Labute approximate surface area is 138 Å². The zero-order valence-corrected chi connectivity index (χ0v) is 13.0. The fraction of sp³-hybridized carbons (Fsp3) is 0.222. The number of nitrogens with zero attached hydrogens (tertiary/aromatic N) is 2. The number of benzene rings is 2. The number of fused-ring (bicyclic) bond motifs is 2. The van der Waals surface area contributed by atoms with Crippen molar-refractivity contribution in [3.05, 3.63) is 54.1 Å². The van der Waals surface area contributed by atoms with E-state index in [4.69, 9.17) is 9.47 Å². The summed E-state index contributed by atoms with van der Waals surface area (Å²) in [6, 6.07) is 10.3. The third kappa shape index (κ3) is 2.95. The lowest BCUT2D eigenvalue weighted by atomic mass is 10.2. The molecule has 0 spiro atoms. The molecule has 1 aliphatic rings. The molecule has 3 aromatic rings. The van der Waals surface area contributed by atoms with Crippen LogP contribution in [0, 0.1) is 5.82 Å². The Bertz CT molecular complexity index is 885. The van der Waals surface area contributed by atoms with Gasteiger partial charge in [0.15, 0.2) is 11.5 Å². The molecule has 1 aromatic heterocycles. The van der Waals surface area contributed by atoms with Crippen molar-refractivity contribution < 1.29 is 13.9 Å². The van der Waals surface area contributed by atoms with Gasteiger partial charge in [0.1, 0.15) is 18.0 Å². The highest BCUT2D eigenvalue weighted by molar-refractivity contribution is 5.88. The summed E-state index contributed by atoms with van der Waals surface area (Å²) < 4.78 is 24.8. The molecule has 4 rings (SSSR count). The second-order valence-corrected chi connectivity index (χ2v) is 5.57. The van der Waals surface area contributed by atoms with E-state index in [0.29, 0.717) is 36.5 Å². The van der Waals surface area contributed by atoms with Crippen LogP contribution in [0.3, 0.4) is 0 Å². The minimum absolute atomic E-state index is 0.309. The van der Waals surface area contributed by atoms with Gasteiger partial charge in [0.05, 0.1) is 18.7 Å². The van der Waals surface area contributed by atoms with E-state index < -0.39 is 0 Å². The first-order valence-corrected chi connectivity index (χ1v) is 7.82. The van der Waals surface area contributed by atoms with Crippen molar-refractivity contribution in [3.8, 4) is 11.5 Å². The van der Waals surface area contributed by atoms with Crippen LogP contribution >= 0.6 is 0 Å². The zero-order chi connectivity index (χ0) is 16.4. The molecule has 2 aromatic carbocycles. The largest absolute Gasteiger partial charge is 0.490 e. The van der Waals surface area contributed by atoms with E-state index in [-0.39, 0.29) is 5.82 Å². The van der Waals surface area contributed by atoms with Gasteiger partial charge in [0, 0.05) is 18.4 Å². The Morgan fingerprint density at radius 2 is 1.88 bits per heavy atom. The van der Waals surface area contributed by atoms with Crippen LogP contribution in [0.5, 0.6) is 11.5 Å². The van der Waals surface area contributed by atoms with Crippen molar-refractivity contribution in [1.82, 2.24) is 9.97 Å². The van der Waals surface area contributed by atoms with Gasteiger partial charge in [0.2, 0.25) is 0 Å². The molecule has 0 fully saturated rings. The smallest absolute Gasteiger partial charge is 0.161 e. The average molecular weight is 325 g/mol. The van der Waals surface area contributed by atoms with E-state index in [9.17, 15) is 4.39 Å². The number of hydrogen-bond acceptors (Lipinski definition) is 5. The second kappa shape index (κ2) is 6.31. The summed E-state index contributed by atoms with van der Waals surface area (Å²) in [5.41, 5.74) is 1.73. The lowest BCUT2D eigenvalue weighted by molar-refractivity contribution is 0.297. The van der Waals surface area contributed by atoms with Crippen LogP contribution in [-0.4, -0.2) is 23.2 Å². The SMILES string of the molecule is Fc1ccc2ncnc(NCc3ccc4c(c3)OCCCO4)c2c1. The molecular weight excluding hydrogens is 309 g/mol. The molecule has 0 unspecified atom stereocenters. The van der Waals surface area contributed by atoms with E-state index in [1.165, 1.54) is 18.5 Å². The Morgan fingerprint density at radius 3 is 2.79 bits per heavy atom. The molecule has 1 aliphatic heterocycles. The predicted molar refractivity (Wildman–Crippen MR) is 88.9 cm³/mol. The summed E-state index contributed by atoms with van der Waals surface area (Å²) in [5.74, 6) is 1.82. The van der Waals surface area contributed by atoms with Crippen molar-refractivity contribution in [1.29, 1.82) is 0 Å². The monoisotopic (exact) mass is 325 g/mol. The molecule has 1 N–H and O–H groups in total. The maximum atomic E-state index is 13.5. The van der Waals surface area contributed by atoms with Gasteiger partial charge in [-0.05, 0) is 35.9 Å². The van der Waals surface area contributed by atoms with Crippen LogP contribution in [0.4, 0.5) is 10.2 Å². The van der Waals surface area contributed by atoms with E-state index in [2.05, 4.69) is 15.3 Å². The number of halogens is 1. The van der Waals surface area contributed by atoms with Crippen molar-refractivity contribution in [2.24, 2.45) is 0 Å². The van der Waals surface area contributed by atoms with Gasteiger partial charge in [-0.15, -0.1) is 0 Å². The van der Waals surface area contributed by atoms with Gasteiger partial charge >= 0.3 is 0 Å². The molecule has 6 heteroatoms. The second-order valence-electron chi connectivity index (χ2n) is 5.57. The normalized spacial score (nSPS) is 13.5. The topological polar surface area (TPSA) is 56.3 Å². The highest BCUT2D eigenvalue weighted by Gasteiger charge is 2.11. The fourth-order valence-electron chi connectivity index (χ4n) is 2.67. The lowest BCUT2D eigenvalue weighted by Gasteiger charge is -2.11. The molecule has 0 aliphatic carbocycles. The number of nitrogens with one attached hydrogen (secondary N) is 1. The quantitative estimate of drug-likeness (QED) is 0.798. The molecule has 5 nitrogen and oxygen atoms in total. The summed E-state index contributed by atoms with van der Waals surface area (Å²) in [7, 11) is 0. The summed E-state index contributed by atoms with van der Waals surface area (Å²) in [6.07, 6.45) is 2.34. The van der Waals surface area contributed by atoms with Gasteiger partial charge in [-0.2, -0.15) is 0 Å². The van der Waals surface area contributed by atoms with Crippen LogP contribution in [0.1, 0.15) is 12.0 Å². The molecule has 0 saturated carbocycles. The third-order valence-electron chi connectivity index (χ3n) is 3.87. The number of ether oxygens (including phenoxy) is 2. The molecule has 0 bridgehead atoms. The fourth-order valence-corrected chi connectivity index (χ4v) is 2.67. The van der Waals surface area contributed by atoms with Crippen LogP contribution in [0.2, 0.25) is 0 Å². The van der Waals surface area contributed by atoms with Crippen molar-refractivity contribution >= 4 is 16.7 Å². The number of hydrogen-bond donors (Lipinski definition) is 1. The minimum Gasteiger partial charge on any atom is -0.490 e. The van der Waals surface area contributed by atoms with E-state index in [1.807, 2.05) is 18.2 Å². The van der Waals surface area contributed by atoms with Crippen LogP contribution in [0.25, 0.3) is 10.9 Å². The van der Waals surface area contributed by atoms with E-state index in [0.717, 1.165) is 23.5 Å². The molecule has 0 atom stereocenters. The van der Waals surface area contributed by atoms with Crippen molar-refractivity contribution in [3.63, 3.8) is 0 Å². The standard InChI is InChI=1S/C18H16FN3O2/c19-13-3-4-15-14(9-13)18(22-11-21-15)20-10-12-2-5-16-17(8-12)24-7-1-6-23-16/h2-5,8-9,11H,1,6-7,10H2,(H,20,21,22). The minimum atomic E-state index is -0.309. The van der Waals surface area contributed by atoms with E-state index >= 15 is 0 Å².